The van der Waals surface area contributed by atoms with Gasteiger partial charge in [-0.15, -0.1) is 0 Å². The van der Waals surface area contributed by atoms with E-state index in [9.17, 15) is 4.79 Å². The molecule has 0 aromatic carbocycles. The Balaban J connectivity index is 1.79. The van der Waals surface area contributed by atoms with Crippen LogP contribution in [0.5, 0.6) is 0 Å². The molecular weight excluding hydrogens is 377 g/mol. The highest BCUT2D eigenvalue weighted by Gasteiger charge is 2.38. The van der Waals surface area contributed by atoms with E-state index in [-0.39, 0.29) is 12.1 Å². The summed E-state index contributed by atoms with van der Waals surface area (Å²) in [7, 11) is 3.56. The van der Waals surface area contributed by atoms with Crippen LogP contribution in [0.4, 0.5) is 10.6 Å². The van der Waals surface area contributed by atoms with Gasteiger partial charge in [0.25, 0.3) is 5.82 Å². The summed E-state index contributed by atoms with van der Waals surface area (Å²) in [4.78, 5) is 24.8. The second kappa shape index (κ2) is 6.70. The molecule has 0 spiro atoms. The first-order valence-corrected chi connectivity index (χ1v) is 9.04. The van der Waals surface area contributed by atoms with Crippen LogP contribution in [-0.4, -0.2) is 52.7 Å². The number of aryl methyl sites for hydroxylation is 1. The summed E-state index contributed by atoms with van der Waals surface area (Å²) in [6.07, 6.45) is 1.26. The molecule has 2 aromatic heterocycles. The highest BCUT2D eigenvalue weighted by atomic mass is 35.5. The highest BCUT2D eigenvalue weighted by Crippen LogP contribution is 2.29. The molecule has 0 N–H and O–H groups in total. The predicted molar refractivity (Wildman–Crippen MR) is 101 cm³/mol. The number of carbonyl (C=O) groups excluding carboxylic acids is 1. The molecule has 0 aliphatic carbocycles. The van der Waals surface area contributed by atoms with E-state index in [2.05, 4.69) is 9.97 Å². The number of aromatic nitrogens is 3. The van der Waals surface area contributed by atoms with Crippen LogP contribution in [0.25, 0.3) is 11.0 Å². The maximum atomic E-state index is 12.2. The minimum Gasteiger partial charge on any atom is -0.444 e. The van der Waals surface area contributed by atoms with E-state index in [1.165, 1.54) is 0 Å². The second-order valence-corrected chi connectivity index (χ2v) is 8.21. The number of pyridine rings is 1. The Bertz CT molecular complexity index is 862. The Morgan fingerprint density at radius 1 is 1.38 bits per heavy atom. The van der Waals surface area contributed by atoms with Gasteiger partial charge >= 0.3 is 11.4 Å². The topological polar surface area (TPSA) is 62.4 Å². The molecule has 26 heavy (non-hydrogen) atoms. The number of ether oxygens (including phenoxy) is 1. The second-order valence-electron chi connectivity index (χ2n) is 7.43. The minimum absolute atomic E-state index is 0.0433. The van der Waals surface area contributed by atoms with Crippen molar-refractivity contribution >= 4 is 46.1 Å². The Morgan fingerprint density at radius 2 is 2.04 bits per heavy atom. The van der Waals surface area contributed by atoms with Crippen molar-refractivity contribution in [2.45, 2.75) is 32.4 Å². The zero-order valence-electron chi connectivity index (χ0n) is 15.5. The van der Waals surface area contributed by atoms with E-state index >= 15 is 0 Å². The Morgan fingerprint density at radius 3 is 2.65 bits per heavy atom. The number of fused-ring (bicyclic) bond motifs is 1. The van der Waals surface area contributed by atoms with Gasteiger partial charge in [0, 0.05) is 44.0 Å². The maximum Gasteiger partial charge on any atom is 0.410 e. The van der Waals surface area contributed by atoms with Crippen LogP contribution in [0, 0.1) is 0 Å². The van der Waals surface area contributed by atoms with E-state index in [0.29, 0.717) is 29.2 Å². The van der Waals surface area contributed by atoms with Crippen LogP contribution in [0.3, 0.4) is 0 Å². The zero-order chi connectivity index (χ0) is 19.2. The average Bonchev–Trinajstić information content (AvgIpc) is 2.48. The summed E-state index contributed by atoms with van der Waals surface area (Å²) < 4.78 is 7.16. The first-order chi connectivity index (χ1) is 12.1. The first-order valence-electron chi connectivity index (χ1n) is 8.28. The lowest BCUT2D eigenvalue weighted by Crippen LogP contribution is -2.60. The molecule has 9 heteroatoms. The molecule has 2 aromatic rings. The smallest absolute Gasteiger partial charge is 0.410 e. The lowest BCUT2D eigenvalue weighted by Gasteiger charge is -2.43. The van der Waals surface area contributed by atoms with Crippen LogP contribution in [0.1, 0.15) is 20.8 Å². The van der Waals surface area contributed by atoms with Gasteiger partial charge in [-0.3, -0.25) is 0 Å². The van der Waals surface area contributed by atoms with E-state index in [1.54, 1.807) is 22.7 Å². The first kappa shape index (κ1) is 18.9. The van der Waals surface area contributed by atoms with Crippen molar-refractivity contribution in [3.63, 3.8) is 0 Å². The molecule has 1 amide bonds. The molecule has 1 fully saturated rings. The third kappa shape index (κ3) is 3.64. The molecule has 3 heterocycles. The normalized spacial score (nSPS) is 15.1. The summed E-state index contributed by atoms with van der Waals surface area (Å²) in [6.45, 7) is 6.82. The molecule has 0 saturated carbocycles. The molecule has 1 saturated heterocycles. The SMILES string of the molecule is CN(C(=O)OC(C)(C)C)C1CN(c2nc(Cl)[n+](C)c3cc(Cl)cnc23)C1. The van der Waals surface area contributed by atoms with Crippen LogP contribution >= 0.6 is 23.2 Å². The molecular formula is C17H22Cl2N5O2+. The van der Waals surface area contributed by atoms with E-state index in [0.717, 1.165) is 11.0 Å². The Labute approximate surface area is 162 Å². The standard InChI is InChI=1S/C17H22Cl2N5O2/c1-17(2,3)26-16(25)22(4)11-8-24(9-11)14-13-12(6-10(18)7-20-13)23(5)15(19)21-14/h6-7,11H,8-9H2,1-5H3/q+1. The van der Waals surface area contributed by atoms with Gasteiger partial charge in [0.2, 0.25) is 0 Å². The van der Waals surface area contributed by atoms with Crippen molar-refractivity contribution in [1.82, 2.24) is 14.9 Å². The molecule has 0 bridgehead atoms. The van der Waals surface area contributed by atoms with E-state index in [4.69, 9.17) is 27.9 Å². The van der Waals surface area contributed by atoms with Crippen molar-refractivity contribution in [2.24, 2.45) is 7.05 Å². The summed E-state index contributed by atoms with van der Waals surface area (Å²) in [5.41, 5.74) is 1.01. The fourth-order valence-corrected chi connectivity index (χ4v) is 3.07. The molecule has 0 radical (unpaired) electrons. The lowest BCUT2D eigenvalue weighted by atomic mass is 10.1. The van der Waals surface area contributed by atoms with Gasteiger partial charge in [-0.25, -0.2) is 14.3 Å². The van der Waals surface area contributed by atoms with Gasteiger partial charge in [0.15, 0.2) is 11.0 Å². The van der Waals surface area contributed by atoms with Gasteiger partial charge in [-0.05, 0) is 25.8 Å². The van der Waals surface area contributed by atoms with Crippen molar-refractivity contribution in [3.05, 3.63) is 22.6 Å². The number of hydrogen-bond acceptors (Lipinski definition) is 5. The van der Waals surface area contributed by atoms with E-state index < -0.39 is 5.60 Å². The highest BCUT2D eigenvalue weighted by molar-refractivity contribution is 6.31. The summed E-state index contributed by atoms with van der Waals surface area (Å²) in [6, 6.07) is 1.85. The summed E-state index contributed by atoms with van der Waals surface area (Å²) in [5.74, 6) is 0.689. The number of anilines is 1. The predicted octanol–water partition coefficient (Wildman–Crippen LogP) is 2.82. The monoisotopic (exact) mass is 398 g/mol. The molecule has 0 unspecified atom stereocenters. The number of rotatable bonds is 2. The van der Waals surface area contributed by atoms with Crippen LogP contribution in [0.2, 0.25) is 10.3 Å². The summed E-state index contributed by atoms with van der Waals surface area (Å²) in [5, 5.41) is 0.882. The van der Waals surface area contributed by atoms with Crippen molar-refractivity contribution in [1.29, 1.82) is 0 Å². The number of likely N-dealkylation sites (N-methyl/N-ethyl adjacent to an activating group) is 1. The van der Waals surface area contributed by atoms with Gasteiger partial charge in [0.1, 0.15) is 5.60 Å². The number of hydrogen-bond donors (Lipinski definition) is 0. The fraction of sp³-hybridized carbons (Fsp3) is 0.529. The third-order valence-electron chi connectivity index (χ3n) is 4.27. The van der Waals surface area contributed by atoms with Gasteiger partial charge in [-0.2, -0.15) is 0 Å². The minimum atomic E-state index is -0.516. The van der Waals surface area contributed by atoms with Crippen molar-refractivity contribution in [2.75, 3.05) is 25.0 Å². The lowest BCUT2D eigenvalue weighted by molar-refractivity contribution is -0.645. The fourth-order valence-electron chi connectivity index (χ4n) is 2.75. The molecule has 1 aliphatic rings. The Kier molecular flexibility index (Phi) is 4.88. The molecule has 140 valence electrons. The average molecular weight is 399 g/mol. The van der Waals surface area contributed by atoms with Crippen molar-refractivity contribution < 1.29 is 14.1 Å². The van der Waals surface area contributed by atoms with E-state index in [1.807, 2.05) is 38.8 Å². The van der Waals surface area contributed by atoms with Crippen LogP contribution in [0.15, 0.2) is 12.3 Å². The quantitative estimate of drug-likeness (QED) is 0.574. The largest absolute Gasteiger partial charge is 0.444 e. The molecule has 0 atom stereocenters. The van der Waals surface area contributed by atoms with Gasteiger partial charge in [0.05, 0.1) is 18.1 Å². The zero-order valence-corrected chi connectivity index (χ0v) is 17.0. The molecule has 3 rings (SSSR count). The number of carbonyl (C=O) groups is 1. The summed E-state index contributed by atoms with van der Waals surface area (Å²) >= 11 is 12.3. The maximum absolute atomic E-state index is 12.2. The molecule has 7 nitrogen and oxygen atoms in total. The number of nitrogens with zero attached hydrogens (tertiary/aromatic N) is 5. The van der Waals surface area contributed by atoms with Gasteiger partial charge < -0.3 is 14.5 Å². The molecule has 1 aliphatic heterocycles. The Hall–Kier alpha value is -1.86. The van der Waals surface area contributed by atoms with Crippen LogP contribution < -0.4 is 9.47 Å². The number of halogens is 2. The van der Waals surface area contributed by atoms with Crippen LogP contribution in [-0.2, 0) is 11.8 Å². The van der Waals surface area contributed by atoms with Gasteiger partial charge in [-0.1, -0.05) is 11.6 Å². The van der Waals surface area contributed by atoms with Crippen molar-refractivity contribution in [3.8, 4) is 0 Å². The number of amides is 1. The third-order valence-corrected chi connectivity index (χ3v) is 4.82.